The molecule has 2 aromatic carbocycles. The van der Waals surface area contributed by atoms with Gasteiger partial charge in [0, 0.05) is 30.1 Å². The van der Waals surface area contributed by atoms with E-state index in [-0.39, 0.29) is 22.9 Å². The summed E-state index contributed by atoms with van der Waals surface area (Å²) in [6.07, 6.45) is 0.484. The van der Waals surface area contributed by atoms with Crippen LogP contribution in [-0.2, 0) is 14.9 Å². The second-order valence-corrected chi connectivity index (χ2v) is 10.7. The van der Waals surface area contributed by atoms with Crippen LogP contribution in [0.2, 0.25) is 5.02 Å². The zero-order valence-corrected chi connectivity index (χ0v) is 20.4. The summed E-state index contributed by atoms with van der Waals surface area (Å²) in [5.41, 5.74) is 7.77. The molecule has 32 heavy (non-hydrogen) atoms. The summed E-state index contributed by atoms with van der Waals surface area (Å²) in [4.78, 5) is 13.9. The van der Waals surface area contributed by atoms with Crippen LogP contribution in [0.15, 0.2) is 53.4 Å². The summed E-state index contributed by atoms with van der Waals surface area (Å²) in [7, 11) is -4.02. The molecule has 2 atom stereocenters. The third-order valence-electron chi connectivity index (χ3n) is 4.91. The molecule has 2 aromatic rings. The van der Waals surface area contributed by atoms with Crippen molar-refractivity contribution in [2.24, 2.45) is 5.73 Å². The summed E-state index contributed by atoms with van der Waals surface area (Å²) in [5, 5.41) is 0.689. The Kier molecular flexibility index (Phi) is 8.70. The Labute approximate surface area is 195 Å². The van der Waals surface area contributed by atoms with Crippen molar-refractivity contribution in [2.45, 2.75) is 56.6 Å². The average Bonchev–Trinajstić information content (AvgIpc) is 2.67. The van der Waals surface area contributed by atoms with Crippen molar-refractivity contribution in [2.75, 3.05) is 13.1 Å². The highest BCUT2D eigenvalue weighted by Gasteiger charge is 2.32. The van der Waals surface area contributed by atoms with Crippen LogP contribution in [0, 0.1) is 6.92 Å². The molecule has 0 spiro atoms. The quantitative estimate of drug-likeness (QED) is 0.603. The Bertz CT molecular complexity index is 1020. The van der Waals surface area contributed by atoms with Crippen LogP contribution in [0.1, 0.15) is 44.2 Å². The van der Waals surface area contributed by atoms with Gasteiger partial charge in [-0.05, 0) is 63.9 Å². The number of rotatable bonds is 2. The lowest BCUT2D eigenvalue weighted by molar-refractivity contribution is 0.0186. The molecule has 0 bridgehead atoms. The summed E-state index contributed by atoms with van der Waals surface area (Å²) >= 11 is 6.05. The molecule has 1 aliphatic heterocycles. The number of amides is 1. The van der Waals surface area contributed by atoms with Gasteiger partial charge in [0.05, 0.1) is 4.90 Å². The lowest BCUT2D eigenvalue weighted by Crippen LogP contribution is -2.49. The first-order valence-electron chi connectivity index (χ1n) is 10.3. The first-order valence-corrected chi connectivity index (χ1v) is 12.1. The van der Waals surface area contributed by atoms with E-state index in [1.54, 1.807) is 17.0 Å². The summed E-state index contributed by atoms with van der Waals surface area (Å²) in [6, 6.07) is 13.7. The number of halogens is 1. The maximum atomic E-state index is 12.2. The first kappa shape index (κ1) is 26.1. The molecule has 7 nitrogen and oxygen atoms in total. The molecule has 176 valence electrons. The number of ether oxygens (including phenoxy) is 1. The van der Waals surface area contributed by atoms with Crippen LogP contribution in [0.4, 0.5) is 4.79 Å². The molecule has 1 heterocycles. The SMILES string of the molecule is CC(C)(C)OC(=O)N1CC[C@@H](N)[C@H](c2cccc(Cl)c2)C1.Cc1ccc(S(=O)(=O)O)cc1. The highest BCUT2D eigenvalue weighted by molar-refractivity contribution is 7.85. The van der Waals surface area contributed by atoms with Gasteiger partial charge >= 0.3 is 6.09 Å². The average molecular weight is 483 g/mol. The molecule has 0 radical (unpaired) electrons. The van der Waals surface area contributed by atoms with Crippen molar-refractivity contribution in [3.05, 3.63) is 64.7 Å². The lowest BCUT2D eigenvalue weighted by atomic mass is 9.87. The number of likely N-dealkylation sites (tertiary alicyclic amines) is 1. The Morgan fingerprint density at radius 3 is 2.34 bits per heavy atom. The van der Waals surface area contributed by atoms with Crippen LogP contribution in [0.25, 0.3) is 0 Å². The van der Waals surface area contributed by atoms with Gasteiger partial charge in [0.1, 0.15) is 5.60 Å². The molecule has 0 saturated carbocycles. The topological polar surface area (TPSA) is 110 Å². The molecule has 3 N–H and O–H groups in total. The van der Waals surface area contributed by atoms with E-state index in [1.807, 2.05) is 52.0 Å². The largest absolute Gasteiger partial charge is 0.444 e. The predicted molar refractivity (Wildman–Crippen MR) is 126 cm³/mol. The summed E-state index contributed by atoms with van der Waals surface area (Å²) < 4.78 is 35.0. The number of hydrogen-bond donors (Lipinski definition) is 2. The lowest BCUT2D eigenvalue weighted by Gasteiger charge is -2.37. The molecule has 1 amide bonds. The van der Waals surface area contributed by atoms with E-state index in [0.29, 0.717) is 18.1 Å². The second-order valence-electron chi connectivity index (χ2n) is 8.83. The molecule has 0 unspecified atom stereocenters. The van der Waals surface area contributed by atoms with Crippen LogP contribution in [0.3, 0.4) is 0 Å². The monoisotopic (exact) mass is 482 g/mol. The van der Waals surface area contributed by atoms with Gasteiger partial charge in [-0.25, -0.2) is 4.79 Å². The third kappa shape index (κ3) is 8.09. The molecule has 9 heteroatoms. The second kappa shape index (κ2) is 10.7. The molecule has 1 fully saturated rings. The summed E-state index contributed by atoms with van der Waals surface area (Å²) in [6.45, 7) is 8.65. The van der Waals surface area contributed by atoms with E-state index in [0.717, 1.165) is 17.5 Å². The first-order chi connectivity index (χ1) is 14.8. The van der Waals surface area contributed by atoms with Gasteiger partial charge in [-0.3, -0.25) is 4.55 Å². The number of carbonyl (C=O) groups excluding carboxylic acids is 1. The van der Waals surface area contributed by atoms with Crippen LogP contribution < -0.4 is 5.73 Å². The van der Waals surface area contributed by atoms with Gasteiger partial charge in [-0.2, -0.15) is 8.42 Å². The van der Waals surface area contributed by atoms with Crippen molar-refractivity contribution in [1.29, 1.82) is 0 Å². The maximum absolute atomic E-state index is 12.2. The maximum Gasteiger partial charge on any atom is 0.410 e. The predicted octanol–water partition coefficient (Wildman–Crippen LogP) is 4.63. The number of carbonyl (C=O) groups is 1. The Morgan fingerprint density at radius 1 is 1.19 bits per heavy atom. The van der Waals surface area contributed by atoms with E-state index in [4.69, 9.17) is 26.6 Å². The van der Waals surface area contributed by atoms with Crippen molar-refractivity contribution in [3.8, 4) is 0 Å². The highest BCUT2D eigenvalue weighted by atomic mass is 35.5. The highest BCUT2D eigenvalue weighted by Crippen LogP contribution is 2.28. The van der Waals surface area contributed by atoms with E-state index < -0.39 is 15.7 Å². The number of nitrogens with zero attached hydrogens (tertiary/aromatic N) is 1. The Morgan fingerprint density at radius 2 is 1.81 bits per heavy atom. The number of benzene rings is 2. The van der Waals surface area contributed by atoms with Gasteiger partial charge < -0.3 is 15.4 Å². The van der Waals surface area contributed by atoms with Crippen LogP contribution >= 0.6 is 11.6 Å². The fraction of sp³-hybridized carbons (Fsp3) is 0.435. The Hall–Kier alpha value is -2.13. The number of piperidine rings is 1. The minimum atomic E-state index is -4.02. The zero-order valence-electron chi connectivity index (χ0n) is 18.8. The van der Waals surface area contributed by atoms with E-state index >= 15 is 0 Å². The van der Waals surface area contributed by atoms with E-state index in [2.05, 4.69) is 0 Å². The van der Waals surface area contributed by atoms with Crippen LogP contribution in [-0.4, -0.2) is 48.7 Å². The zero-order chi connectivity index (χ0) is 24.1. The Balaban J connectivity index is 0.000000278. The minimum Gasteiger partial charge on any atom is -0.444 e. The molecular weight excluding hydrogens is 452 g/mol. The van der Waals surface area contributed by atoms with Gasteiger partial charge in [0.2, 0.25) is 0 Å². The van der Waals surface area contributed by atoms with Crippen molar-refractivity contribution in [1.82, 2.24) is 4.90 Å². The van der Waals surface area contributed by atoms with Crippen molar-refractivity contribution in [3.63, 3.8) is 0 Å². The molecule has 0 aromatic heterocycles. The molecule has 1 aliphatic rings. The van der Waals surface area contributed by atoms with Gasteiger partial charge in [-0.15, -0.1) is 0 Å². The smallest absolute Gasteiger partial charge is 0.410 e. The fourth-order valence-electron chi connectivity index (χ4n) is 3.26. The number of aryl methyl sites for hydroxylation is 1. The molecular formula is C23H31ClN2O5S. The number of nitrogens with two attached hydrogens (primary N) is 1. The third-order valence-corrected chi connectivity index (χ3v) is 6.02. The number of hydrogen-bond acceptors (Lipinski definition) is 5. The summed E-state index contributed by atoms with van der Waals surface area (Å²) in [5.74, 6) is 0.0879. The fourth-order valence-corrected chi connectivity index (χ4v) is 3.94. The standard InChI is InChI=1S/C16H23ClN2O2.C7H8O3S/c1-16(2,3)21-15(20)19-8-7-14(18)13(10-19)11-5-4-6-12(17)9-11;1-6-2-4-7(5-3-6)11(8,9)10/h4-6,9,13-14H,7-8,10,18H2,1-3H3;2-5H,1H3,(H,8,9,10)/t13-,14+;/m0./s1. The van der Waals surface area contributed by atoms with E-state index in [9.17, 15) is 13.2 Å². The minimum absolute atomic E-state index is 0.0298. The van der Waals surface area contributed by atoms with E-state index in [1.165, 1.54) is 12.1 Å². The van der Waals surface area contributed by atoms with Crippen molar-refractivity contribution < 1.29 is 22.5 Å². The van der Waals surface area contributed by atoms with Crippen molar-refractivity contribution >= 4 is 27.8 Å². The van der Waals surface area contributed by atoms with Gasteiger partial charge in [0.25, 0.3) is 10.1 Å². The normalized spacial score (nSPS) is 19.0. The van der Waals surface area contributed by atoms with Gasteiger partial charge in [0.15, 0.2) is 0 Å². The molecule has 3 rings (SSSR count). The molecule has 0 aliphatic carbocycles. The van der Waals surface area contributed by atoms with Crippen LogP contribution in [0.5, 0.6) is 0 Å². The molecule has 1 saturated heterocycles. The van der Waals surface area contributed by atoms with Gasteiger partial charge in [-0.1, -0.05) is 41.4 Å².